The molecule has 0 bridgehead atoms. The third kappa shape index (κ3) is 4.50. The molecule has 1 atom stereocenters. The Bertz CT molecular complexity index is 466. The van der Waals surface area contributed by atoms with E-state index in [9.17, 15) is 14.9 Å². The summed E-state index contributed by atoms with van der Waals surface area (Å²) >= 11 is 0. The van der Waals surface area contributed by atoms with Crippen molar-refractivity contribution in [2.24, 2.45) is 5.73 Å². The number of benzene rings is 1. The zero-order valence-electron chi connectivity index (χ0n) is 10.9. The van der Waals surface area contributed by atoms with E-state index in [1.807, 2.05) is 6.92 Å². The number of carbonyl (C=O) groups excluding carboxylic acids is 1. The number of carbonyl (C=O) groups is 1. The van der Waals surface area contributed by atoms with E-state index in [1.54, 1.807) is 13.0 Å². The van der Waals surface area contributed by atoms with Gasteiger partial charge in [0.2, 0.25) is 5.91 Å². The first-order valence-corrected chi connectivity index (χ1v) is 5.77. The molecule has 1 aromatic rings. The van der Waals surface area contributed by atoms with Gasteiger partial charge < -0.3 is 11.1 Å². The van der Waals surface area contributed by atoms with Crippen LogP contribution in [0.4, 0.5) is 11.4 Å². The Morgan fingerprint density at radius 1 is 1.53 bits per heavy atom. The first kappa shape index (κ1) is 17.3. The molecule has 1 aromatic carbocycles. The minimum absolute atomic E-state index is 0. The Kier molecular flexibility index (Phi) is 7.03. The van der Waals surface area contributed by atoms with Crippen molar-refractivity contribution >= 4 is 29.7 Å². The van der Waals surface area contributed by atoms with Crippen LogP contribution >= 0.6 is 12.4 Å². The van der Waals surface area contributed by atoms with Crippen LogP contribution in [0.2, 0.25) is 0 Å². The second kappa shape index (κ2) is 7.70. The van der Waals surface area contributed by atoms with Crippen LogP contribution in [0.25, 0.3) is 0 Å². The van der Waals surface area contributed by atoms with Crippen molar-refractivity contribution in [2.75, 3.05) is 5.32 Å². The lowest BCUT2D eigenvalue weighted by molar-refractivity contribution is -0.385. The van der Waals surface area contributed by atoms with E-state index in [0.717, 1.165) is 6.42 Å². The molecule has 7 heteroatoms. The zero-order chi connectivity index (χ0) is 13.7. The molecule has 0 heterocycles. The molecular weight excluding hydrogens is 270 g/mol. The molecule has 0 aliphatic heterocycles. The number of anilines is 1. The summed E-state index contributed by atoms with van der Waals surface area (Å²) in [7, 11) is 0. The quantitative estimate of drug-likeness (QED) is 0.641. The molecule has 0 aliphatic carbocycles. The summed E-state index contributed by atoms with van der Waals surface area (Å²) in [6, 6.07) is 3.97. The first-order valence-electron chi connectivity index (χ1n) is 5.77. The molecule has 19 heavy (non-hydrogen) atoms. The number of hydrogen-bond donors (Lipinski definition) is 2. The molecule has 0 saturated carbocycles. The number of nitrogens with two attached hydrogens (primary N) is 1. The average Bonchev–Trinajstić information content (AvgIpc) is 2.31. The topological polar surface area (TPSA) is 98.3 Å². The molecule has 3 N–H and O–H groups in total. The summed E-state index contributed by atoms with van der Waals surface area (Å²) in [4.78, 5) is 22.0. The molecule has 1 rings (SSSR count). The lowest BCUT2D eigenvalue weighted by Crippen LogP contribution is -2.35. The second-order valence-electron chi connectivity index (χ2n) is 4.09. The number of nitro groups is 1. The van der Waals surface area contributed by atoms with Crippen LogP contribution < -0.4 is 11.1 Å². The fraction of sp³-hybridized carbons (Fsp3) is 0.417. The Hall–Kier alpha value is -1.66. The van der Waals surface area contributed by atoms with Crippen LogP contribution in [0.15, 0.2) is 18.2 Å². The average molecular weight is 288 g/mol. The highest BCUT2D eigenvalue weighted by Crippen LogP contribution is 2.25. The van der Waals surface area contributed by atoms with Crippen molar-refractivity contribution in [1.82, 2.24) is 0 Å². The van der Waals surface area contributed by atoms with E-state index in [4.69, 9.17) is 5.73 Å². The van der Waals surface area contributed by atoms with E-state index in [0.29, 0.717) is 17.7 Å². The molecule has 1 amide bonds. The van der Waals surface area contributed by atoms with E-state index in [2.05, 4.69) is 5.32 Å². The number of rotatable bonds is 5. The van der Waals surface area contributed by atoms with Crippen LogP contribution in [0.5, 0.6) is 0 Å². The Balaban J connectivity index is 0.00000324. The van der Waals surface area contributed by atoms with E-state index >= 15 is 0 Å². The van der Waals surface area contributed by atoms with Crippen LogP contribution in [-0.2, 0) is 4.79 Å². The highest BCUT2D eigenvalue weighted by molar-refractivity contribution is 5.95. The molecule has 0 spiro atoms. The van der Waals surface area contributed by atoms with Gasteiger partial charge in [-0.15, -0.1) is 12.4 Å². The molecule has 0 aromatic heterocycles. The standard InChI is InChI=1S/C12H17N3O3.ClH/c1-3-5-9(13)12(16)14-10-6-4-7-11(8(10)2)15(17)18;/h4,6-7,9H,3,5,13H2,1-2H3,(H,14,16);1H. The Morgan fingerprint density at radius 2 is 2.16 bits per heavy atom. The number of amides is 1. The van der Waals surface area contributed by atoms with Gasteiger partial charge in [-0.2, -0.15) is 0 Å². The minimum Gasteiger partial charge on any atom is -0.324 e. The Morgan fingerprint density at radius 3 is 2.68 bits per heavy atom. The number of nitrogens with one attached hydrogen (secondary N) is 1. The fourth-order valence-electron chi connectivity index (χ4n) is 1.62. The lowest BCUT2D eigenvalue weighted by atomic mass is 10.1. The minimum atomic E-state index is -0.589. The van der Waals surface area contributed by atoms with Crippen molar-refractivity contribution in [3.63, 3.8) is 0 Å². The van der Waals surface area contributed by atoms with Gasteiger partial charge in [-0.05, 0) is 19.4 Å². The molecule has 6 nitrogen and oxygen atoms in total. The van der Waals surface area contributed by atoms with Gasteiger partial charge in [0.05, 0.1) is 22.2 Å². The maximum Gasteiger partial charge on any atom is 0.274 e. The number of nitro benzene ring substituents is 1. The van der Waals surface area contributed by atoms with Crippen molar-refractivity contribution in [1.29, 1.82) is 0 Å². The van der Waals surface area contributed by atoms with Crippen molar-refractivity contribution in [2.45, 2.75) is 32.7 Å². The van der Waals surface area contributed by atoms with Gasteiger partial charge in [-0.1, -0.05) is 19.4 Å². The summed E-state index contributed by atoms with van der Waals surface area (Å²) in [5.41, 5.74) is 6.52. The van der Waals surface area contributed by atoms with Gasteiger partial charge in [0.25, 0.3) is 5.69 Å². The van der Waals surface area contributed by atoms with Crippen LogP contribution in [0, 0.1) is 17.0 Å². The third-order valence-corrected chi connectivity index (χ3v) is 2.70. The monoisotopic (exact) mass is 287 g/mol. The highest BCUT2D eigenvalue weighted by Gasteiger charge is 2.17. The molecular formula is C12H18ClN3O3. The molecule has 1 unspecified atom stereocenters. The zero-order valence-corrected chi connectivity index (χ0v) is 11.7. The normalized spacial score (nSPS) is 11.3. The van der Waals surface area contributed by atoms with Gasteiger partial charge in [0, 0.05) is 6.07 Å². The van der Waals surface area contributed by atoms with Crippen LogP contribution in [0.1, 0.15) is 25.3 Å². The van der Waals surface area contributed by atoms with E-state index in [1.165, 1.54) is 12.1 Å². The highest BCUT2D eigenvalue weighted by atomic mass is 35.5. The summed E-state index contributed by atoms with van der Waals surface area (Å²) < 4.78 is 0. The number of hydrogen-bond acceptors (Lipinski definition) is 4. The smallest absolute Gasteiger partial charge is 0.274 e. The SMILES string of the molecule is CCCC(N)C(=O)Nc1cccc([N+](=O)[O-])c1C.Cl. The maximum absolute atomic E-state index is 11.7. The van der Waals surface area contributed by atoms with Gasteiger partial charge in [0.15, 0.2) is 0 Å². The predicted octanol–water partition coefficient (Wildman–Crippen LogP) is 2.39. The van der Waals surface area contributed by atoms with Gasteiger partial charge in [-0.25, -0.2) is 0 Å². The largest absolute Gasteiger partial charge is 0.324 e. The van der Waals surface area contributed by atoms with Crippen LogP contribution in [-0.4, -0.2) is 16.9 Å². The third-order valence-electron chi connectivity index (χ3n) is 2.70. The summed E-state index contributed by atoms with van der Waals surface area (Å²) in [5, 5.41) is 13.4. The van der Waals surface area contributed by atoms with E-state index < -0.39 is 11.0 Å². The molecule has 106 valence electrons. The van der Waals surface area contributed by atoms with Gasteiger partial charge >= 0.3 is 0 Å². The lowest BCUT2D eigenvalue weighted by Gasteiger charge is -2.12. The molecule has 0 aliphatic rings. The maximum atomic E-state index is 11.7. The van der Waals surface area contributed by atoms with Crippen molar-refractivity contribution < 1.29 is 9.72 Å². The van der Waals surface area contributed by atoms with Gasteiger partial charge in [-0.3, -0.25) is 14.9 Å². The van der Waals surface area contributed by atoms with Gasteiger partial charge in [0.1, 0.15) is 0 Å². The molecule has 0 radical (unpaired) electrons. The first-order chi connectivity index (χ1) is 8.47. The Labute approximate surface area is 117 Å². The summed E-state index contributed by atoms with van der Waals surface area (Å²) in [6.45, 7) is 3.53. The fourth-order valence-corrected chi connectivity index (χ4v) is 1.62. The molecule has 0 fully saturated rings. The van der Waals surface area contributed by atoms with Crippen LogP contribution in [0.3, 0.4) is 0 Å². The summed E-state index contributed by atoms with van der Waals surface area (Å²) in [6.07, 6.45) is 1.39. The van der Waals surface area contributed by atoms with Crippen molar-refractivity contribution in [3.05, 3.63) is 33.9 Å². The van der Waals surface area contributed by atoms with Crippen molar-refractivity contribution in [3.8, 4) is 0 Å². The second-order valence-corrected chi connectivity index (χ2v) is 4.09. The number of halogens is 1. The summed E-state index contributed by atoms with van der Waals surface area (Å²) in [5.74, 6) is -0.319. The molecule has 0 saturated heterocycles. The predicted molar refractivity (Wildman–Crippen MR) is 76.6 cm³/mol. The van der Waals surface area contributed by atoms with E-state index in [-0.39, 0.29) is 24.0 Å². The number of nitrogens with zero attached hydrogens (tertiary/aromatic N) is 1.